The standard InChI is InChI=1S/C22H17ClF3N3O3/c23-17-4-2-10-27-20(17)29-15(11-30)12-32-19-16(3-1-5-18(19)29)21(31)28-14-8-6-13(7-9-14)22(24,25)26/h1-10,15,30H,11-12H2,(H,28,31)/t15-/m1/s1. The fourth-order valence-corrected chi connectivity index (χ4v) is 3.63. The largest absolute Gasteiger partial charge is 0.488 e. The van der Waals surface area contributed by atoms with Gasteiger partial charge in [-0.2, -0.15) is 13.2 Å². The maximum Gasteiger partial charge on any atom is 0.416 e. The summed E-state index contributed by atoms with van der Waals surface area (Å²) in [6.45, 7) is -0.171. The van der Waals surface area contributed by atoms with Crippen LogP contribution >= 0.6 is 11.6 Å². The van der Waals surface area contributed by atoms with Gasteiger partial charge in [-0.15, -0.1) is 0 Å². The van der Waals surface area contributed by atoms with Gasteiger partial charge < -0.3 is 20.1 Å². The first-order valence-electron chi connectivity index (χ1n) is 9.54. The van der Waals surface area contributed by atoms with E-state index in [1.165, 1.54) is 18.2 Å². The van der Waals surface area contributed by atoms with Crippen LogP contribution in [-0.2, 0) is 6.18 Å². The lowest BCUT2D eigenvalue weighted by Gasteiger charge is -2.37. The molecular weight excluding hydrogens is 447 g/mol. The highest BCUT2D eigenvalue weighted by Gasteiger charge is 2.33. The fraction of sp³-hybridized carbons (Fsp3) is 0.182. The van der Waals surface area contributed by atoms with E-state index in [-0.39, 0.29) is 30.2 Å². The zero-order chi connectivity index (χ0) is 22.9. The number of carbonyl (C=O) groups is 1. The Bertz CT molecular complexity index is 1140. The Kier molecular flexibility index (Phi) is 5.94. The molecular formula is C22H17ClF3N3O3. The number of aliphatic hydroxyl groups is 1. The molecule has 1 amide bonds. The first kappa shape index (κ1) is 21.9. The summed E-state index contributed by atoms with van der Waals surface area (Å²) in [7, 11) is 0. The lowest BCUT2D eigenvalue weighted by Crippen LogP contribution is -2.43. The van der Waals surface area contributed by atoms with E-state index in [0.717, 1.165) is 12.1 Å². The molecule has 1 aliphatic rings. The molecule has 2 N–H and O–H groups in total. The number of fused-ring (bicyclic) bond motifs is 1. The second-order valence-corrected chi connectivity index (χ2v) is 7.42. The number of carbonyl (C=O) groups excluding carboxylic acids is 1. The lowest BCUT2D eigenvalue weighted by atomic mass is 10.1. The molecule has 0 saturated heterocycles. The van der Waals surface area contributed by atoms with Crippen molar-refractivity contribution in [2.45, 2.75) is 12.2 Å². The number of alkyl halides is 3. The lowest BCUT2D eigenvalue weighted by molar-refractivity contribution is -0.137. The molecule has 32 heavy (non-hydrogen) atoms. The van der Waals surface area contributed by atoms with Crippen LogP contribution in [0.2, 0.25) is 5.02 Å². The summed E-state index contributed by atoms with van der Waals surface area (Å²) in [5, 5.41) is 12.8. The van der Waals surface area contributed by atoms with E-state index in [2.05, 4.69) is 10.3 Å². The minimum Gasteiger partial charge on any atom is -0.488 e. The minimum absolute atomic E-state index is 0.0704. The van der Waals surface area contributed by atoms with Crippen LogP contribution in [0.4, 0.5) is 30.4 Å². The Morgan fingerprint density at radius 1 is 1.19 bits per heavy atom. The fourth-order valence-electron chi connectivity index (χ4n) is 3.41. The quantitative estimate of drug-likeness (QED) is 0.576. The number of nitrogens with one attached hydrogen (secondary N) is 1. The van der Waals surface area contributed by atoms with Gasteiger partial charge in [0, 0.05) is 11.9 Å². The second-order valence-electron chi connectivity index (χ2n) is 7.01. The third-order valence-corrected chi connectivity index (χ3v) is 5.23. The van der Waals surface area contributed by atoms with Crippen LogP contribution < -0.4 is 15.0 Å². The first-order chi connectivity index (χ1) is 15.3. The Morgan fingerprint density at radius 2 is 1.94 bits per heavy atom. The predicted octanol–water partition coefficient (Wildman–Crippen LogP) is 4.90. The minimum atomic E-state index is -4.46. The van der Waals surface area contributed by atoms with Gasteiger partial charge in [-0.05, 0) is 48.5 Å². The number of hydrogen-bond donors (Lipinski definition) is 2. The normalized spacial score (nSPS) is 15.7. The number of amides is 1. The summed E-state index contributed by atoms with van der Waals surface area (Å²) in [4.78, 5) is 18.9. The summed E-state index contributed by atoms with van der Waals surface area (Å²) in [6, 6.07) is 11.9. The average Bonchev–Trinajstić information content (AvgIpc) is 2.78. The topological polar surface area (TPSA) is 74.7 Å². The van der Waals surface area contributed by atoms with E-state index in [4.69, 9.17) is 16.3 Å². The molecule has 0 unspecified atom stereocenters. The maximum atomic E-state index is 12.9. The molecule has 10 heteroatoms. The van der Waals surface area contributed by atoms with Crippen molar-refractivity contribution in [3.8, 4) is 5.75 Å². The third kappa shape index (κ3) is 4.21. The molecule has 1 aromatic heterocycles. The smallest absolute Gasteiger partial charge is 0.416 e. The summed E-state index contributed by atoms with van der Waals surface area (Å²) < 4.78 is 44.1. The van der Waals surface area contributed by atoms with Crippen LogP contribution in [0.25, 0.3) is 0 Å². The zero-order valence-corrected chi connectivity index (χ0v) is 17.2. The van der Waals surface area contributed by atoms with Crippen LogP contribution in [0.5, 0.6) is 5.75 Å². The molecule has 4 rings (SSSR count). The van der Waals surface area contributed by atoms with Crippen molar-refractivity contribution in [2.24, 2.45) is 0 Å². The van der Waals surface area contributed by atoms with Gasteiger partial charge in [-0.3, -0.25) is 4.79 Å². The van der Waals surface area contributed by atoms with Gasteiger partial charge >= 0.3 is 6.18 Å². The molecule has 0 spiro atoms. The van der Waals surface area contributed by atoms with Gasteiger partial charge in [0.1, 0.15) is 6.61 Å². The molecule has 6 nitrogen and oxygen atoms in total. The molecule has 0 bridgehead atoms. The highest BCUT2D eigenvalue weighted by Crippen LogP contribution is 2.42. The number of hydrogen-bond acceptors (Lipinski definition) is 5. The molecule has 3 aromatic rings. The summed E-state index contributed by atoms with van der Waals surface area (Å²) in [5.74, 6) is 0.0949. The number of nitrogens with zero attached hydrogens (tertiary/aromatic N) is 2. The Hall–Kier alpha value is -3.30. The summed E-state index contributed by atoms with van der Waals surface area (Å²) in [6.07, 6.45) is -2.90. The number of halogens is 4. The summed E-state index contributed by atoms with van der Waals surface area (Å²) in [5.41, 5.74) is 0.0509. The monoisotopic (exact) mass is 463 g/mol. The van der Waals surface area contributed by atoms with Crippen molar-refractivity contribution >= 4 is 34.7 Å². The number of rotatable bonds is 4. The number of pyridine rings is 1. The Morgan fingerprint density at radius 3 is 2.59 bits per heavy atom. The van der Waals surface area contributed by atoms with Crippen LogP contribution in [0, 0.1) is 0 Å². The Labute approximate surface area is 186 Å². The van der Waals surface area contributed by atoms with Gasteiger partial charge in [0.2, 0.25) is 0 Å². The van der Waals surface area contributed by atoms with E-state index < -0.39 is 23.7 Å². The van der Waals surface area contributed by atoms with Crippen molar-refractivity contribution in [2.75, 3.05) is 23.4 Å². The van der Waals surface area contributed by atoms with Crippen molar-refractivity contribution < 1.29 is 27.8 Å². The van der Waals surface area contributed by atoms with Crippen LogP contribution in [-0.4, -0.2) is 35.3 Å². The highest BCUT2D eigenvalue weighted by molar-refractivity contribution is 6.33. The predicted molar refractivity (Wildman–Crippen MR) is 114 cm³/mol. The van der Waals surface area contributed by atoms with E-state index in [1.54, 1.807) is 35.4 Å². The highest BCUT2D eigenvalue weighted by atomic mass is 35.5. The van der Waals surface area contributed by atoms with Gasteiger partial charge in [-0.25, -0.2) is 4.98 Å². The molecule has 0 saturated carbocycles. The van der Waals surface area contributed by atoms with E-state index in [1.807, 2.05) is 0 Å². The number of benzene rings is 2. The van der Waals surface area contributed by atoms with Crippen LogP contribution in [0.3, 0.4) is 0 Å². The van der Waals surface area contributed by atoms with E-state index in [0.29, 0.717) is 16.5 Å². The molecule has 0 aliphatic carbocycles. The van der Waals surface area contributed by atoms with Gasteiger partial charge in [-0.1, -0.05) is 17.7 Å². The number of para-hydroxylation sites is 1. The molecule has 1 atom stereocenters. The Balaban J connectivity index is 1.67. The van der Waals surface area contributed by atoms with E-state index >= 15 is 0 Å². The number of anilines is 3. The average molecular weight is 464 g/mol. The van der Waals surface area contributed by atoms with Gasteiger partial charge in [0.05, 0.1) is 34.5 Å². The molecule has 0 fully saturated rings. The molecule has 2 heterocycles. The van der Waals surface area contributed by atoms with Crippen molar-refractivity contribution in [3.05, 3.63) is 76.9 Å². The van der Waals surface area contributed by atoms with Crippen LogP contribution in [0.1, 0.15) is 15.9 Å². The molecule has 1 aliphatic heterocycles. The van der Waals surface area contributed by atoms with Crippen molar-refractivity contribution in [1.29, 1.82) is 0 Å². The van der Waals surface area contributed by atoms with Gasteiger partial charge in [0.15, 0.2) is 11.6 Å². The molecule has 0 radical (unpaired) electrons. The SMILES string of the molecule is O=C(Nc1ccc(C(F)(F)F)cc1)c1cccc2c1OC[C@@H](CO)N2c1ncccc1Cl. The molecule has 2 aromatic carbocycles. The first-order valence-corrected chi connectivity index (χ1v) is 9.92. The van der Waals surface area contributed by atoms with E-state index in [9.17, 15) is 23.1 Å². The zero-order valence-electron chi connectivity index (χ0n) is 16.4. The second kappa shape index (κ2) is 8.68. The van der Waals surface area contributed by atoms with Crippen LogP contribution in [0.15, 0.2) is 60.8 Å². The van der Waals surface area contributed by atoms with Crippen molar-refractivity contribution in [1.82, 2.24) is 4.98 Å². The molecule has 166 valence electrons. The van der Waals surface area contributed by atoms with Crippen molar-refractivity contribution in [3.63, 3.8) is 0 Å². The number of aliphatic hydroxyl groups excluding tert-OH is 1. The van der Waals surface area contributed by atoms with Gasteiger partial charge in [0.25, 0.3) is 5.91 Å². The number of ether oxygens (including phenoxy) is 1. The number of aromatic nitrogens is 1. The third-order valence-electron chi connectivity index (χ3n) is 4.93. The summed E-state index contributed by atoms with van der Waals surface area (Å²) >= 11 is 6.31. The maximum absolute atomic E-state index is 12.9.